The predicted molar refractivity (Wildman–Crippen MR) is 295 cm³/mol. The third-order valence-electron chi connectivity index (χ3n) is 9.41. The zero-order valence-corrected chi connectivity index (χ0v) is 52.1. The van der Waals surface area contributed by atoms with E-state index in [2.05, 4.69) is 13.8 Å². The lowest BCUT2D eigenvalue weighted by molar-refractivity contribution is -0.147. The Morgan fingerprint density at radius 2 is 0.803 bits per heavy atom. The topological polar surface area (TPSA) is 234 Å². The first-order valence-electron chi connectivity index (χ1n) is 26.2. The van der Waals surface area contributed by atoms with Crippen molar-refractivity contribution in [2.24, 2.45) is 23.2 Å². The van der Waals surface area contributed by atoms with Gasteiger partial charge in [-0.15, -0.1) is 0 Å². The summed E-state index contributed by atoms with van der Waals surface area (Å²) in [7, 11) is 6.14. The fourth-order valence-corrected chi connectivity index (χ4v) is 9.16. The Hall–Kier alpha value is -1.31. The number of methoxy groups -OCH3 is 8. The number of hydrogen-bond donors (Lipinski definition) is 0. The average molecular weight is 1150 g/mol. The summed E-state index contributed by atoms with van der Waals surface area (Å²) < 4.78 is 129. The van der Waals surface area contributed by atoms with Gasteiger partial charge in [0.15, 0.2) is 0 Å². The fraction of sp³-hybridized carbons (Fsp3) is 0.980. The molecule has 0 spiro atoms. The zero-order chi connectivity index (χ0) is 58.5. The van der Waals surface area contributed by atoms with E-state index in [9.17, 15) is 21.6 Å². The highest BCUT2D eigenvalue weighted by Gasteiger charge is 2.28. The van der Waals surface area contributed by atoms with Gasteiger partial charge in [-0.2, -0.15) is 8.61 Å². The summed E-state index contributed by atoms with van der Waals surface area (Å²) in [5, 5.41) is 0. The molecule has 23 nitrogen and oxygen atoms in total. The van der Waals surface area contributed by atoms with Gasteiger partial charge in [-0.05, 0) is 36.0 Å². The van der Waals surface area contributed by atoms with Crippen LogP contribution in [-0.4, -0.2) is 263 Å². The number of carbonyl (C=O) groups excluding carboxylic acids is 1. The van der Waals surface area contributed by atoms with E-state index in [-0.39, 0.29) is 61.8 Å². The molecule has 0 heterocycles. The molecule has 0 unspecified atom stereocenters. The summed E-state index contributed by atoms with van der Waals surface area (Å²) in [6.07, 6.45) is 2.73. The van der Waals surface area contributed by atoms with Gasteiger partial charge in [0.05, 0.1) is 117 Å². The van der Waals surface area contributed by atoms with Crippen LogP contribution in [0.3, 0.4) is 0 Å². The van der Waals surface area contributed by atoms with Crippen molar-refractivity contribution in [1.82, 2.24) is 13.5 Å². The molecule has 0 atom stereocenters. The van der Waals surface area contributed by atoms with Crippen LogP contribution in [0.2, 0.25) is 0 Å². The van der Waals surface area contributed by atoms with Gasteiger partial charge < -0.3 is 71.1 Å². The number of sulfonamides is 2. The van der Waals surface area contributed by atoms with Crippen molar-refractivity contribution in [3.8, 4) is 0 Å². The smallest absolute Gasteiger partial charge is 0.226 e. The molecule has 25 heteroatoms. The van der Waals surface area contributed by atoms with Gasteiger partial charge in [0.25, 0.3) is 0 Å². The third kappa shape index (κ3) is 57.4. The lowest BCUT2D eigenvalue weighted by Crippen LogP contribution is -2.40. The summed E-state index contributed by atoms with van der Waals surface area (Å²) in [5.74, 6) is 1.30. The number of carbonyl (C=O) groups is 1. The van der Waals surface area contributed by atoms with Gasteiger partial charge >= 0.3 is 0 Å². The van der Waals surface area contributed by atoms with E-state index in [4.69, 9.17) is 71.1 Å². The van der Waals surface area contributed by atoms with Crippen LogP contribution in [0.5, 0.6) is 0 Å². The van der Waals surface area contributed by atoms with Crippen molar-refractivity contribution >= 4 is 26.0 Å². The highest BCUT2D eigenvalue weighted by Crippen LogP contribution is 2.19. The lowest BCUT2D eigenvalue weighted by Gasteiger charge is -2.26. The summed E-state index contributed by atoms with van der Waals surface area (Å²) in [4.78, 5) is 13.5. The molecule has 0 aromatic heterocycles. The molecule has 462 valence electrons. The maximum atomic E-state index is 12.2. The Labute approximate surface area is 462 Å². The largest absolute Gasteiger partial charge is 0.383 e. The van der Waals surface area contributed by atoms with Crippen LogP contribution in [-0.2, 0) is 95.9 Å². The molecule has 0 aromatic carbocycles. The Balaban J connectivity index is -0.000000456. The van der Waals surface area contributed by atoms with Crippen molar-refractivity contribution in [2.45, 2.75) is 87.7 Å². The first-order valence-corrected chi connectivity index (χ1v) is 29.4. The quantitative estimate of drug-likeness (QED) is 0.0593. The minimum Gasteiger partial charge on any atom is -0.383 e. The van der Waals surface area contributed by atoms with Crippen LogP contribution in [0.1, 0.15) is 81.6 Å². The van der Waals surface area contributed by atoms with Crippen molar-refractivity contribution in [2.75, 3.05) is 221 Å². The standard InChI is InChI=1S/C15H32O5.C13H27NO5.C12H27NO6S.C11H25NO4S/c1-14(2)6-5-7-20-15(12-18-10-8-16-3)13-19-11-9-17-4;1-12(2)9-13(15)14(10-18-7-5-16-3)11-19-8-6-17-4;1-12(2)9-20(14,15)13(10-18-7-5-16-3)11-19-8-6-17-4;1-11(2,3)10-17(13,14)12(6-8-15-4)7-9-16-5/h14-15H,5-13H2,1-4H3;12H,5-11H2,1-4H3;12H,5-11H2,1-4H3;6-10H2,1-5H3. The monoisotopic (exact) mass is 1150 g/mol. The van der Waals surface area contributed by atoms with Crippen molar-refractivity contribution in [3.05, 3.63) is 0 Å². The van der Waals surface area contributed by atoms with E-state index >= 15 is 0 Å². The predicted octanol–water partition coefficient (Wildman–Crippen LogP) is 4.71. The lowest BCUT2D eigenvalue weighted by atomic mass is 10.0. The Bertz CT molecular complexity index is 1400. The van der Waals surface area contributed by atoms with Gasteiger partial charge in [0.2, 0.25) is 26.0 Å². The van der Waals surface area contributed by atoms with Crippen LogP contribution < -0.4 is 0 Å². The summed E-state index contributed by atoms with van der Waals surface area (Å²) in [6, 6.07) is 0. The molecule has 76 heavy (non-hydrogen) atoms. The van der Waals surface area contributed by atoms with Crippen molar-refractivity contribution < 1.29 is 92.7 Å². The molecule has 0 saturated carbocycles. The molecule has 0 fully saturated rings. The molecular formula is C51H111N3O20S2. The molecule has 1 amide bonds. The van der Waals surface area contributed by atoms with Gasteiger partial charge in [0, 0.05) is 83.0 Å². The van der Waals surface area contributed by atoms with Crippen LogP contribution in [0, 0.1) is 23.2 Å². The van der Waals surface area contributed by atoms with Crippen molar-refractivity contribution in [3.63, 3.8) is 0 Å². The molecule has 0 saturated heterocycles. The zero-order valence-electron chi connectivity index (χ0n) is 50.4. The van der Waals surface area contributed by atoms with Crippen LogP contribution >= 0.6 is 0 Å². The van der Waals surface area contributed by atoms with Crippen molar-refractivity contribution in [1.29, 1.82) is 0 Å². The van der Waals surface area contributed by atoms with Gasteiger partial charge in [0.1, 0.15) is 33.0 Å². The number of amides is 1. The van der Waals surface area contributed by atoms with Gasteiger partial charge in [-0.1, -0.05) is 62.3 Å². The maximum Gasteiger partial charge on any atom is 0.226 e. The summed E-state index contributed by atoms with van der Waals surface area (Å²) in [5.41, 5.74) is -0.253. The van der Waals surface area contributed by atoms with E-state index in [1.807, 2.05) is 48.5 Å². The normalized spacial score (nSPS) is 12.1. The number of ether oxygens (including phenoxy) is 15. The second kappa shape index (κ2) is 55.6. The van der Waals surface area contributed by atoms with E-state index in [0.717, 1.165) is 13.0 Å². The summed E-state index contributed by atoms with van der Waals surface area (Å²) in [6.45, 7) is 27.5. The molecule has 0 rings (SSSR count). The highest BCUT2D eigenvalue weighted by molar-refractivity contribution is 7.89. The molecule has 0 aliphatic heterocycles. The first-order chi connectivity index (χ1) is 36.0. The SMILES string of the molecule is COCCN(CCOC)S(=O)(=O)CC(C)(C)C.COCCOCC(COCCOC)OCCCC(C)C.COCCOCN(COCCOC)C(=O)CC(C)C.COCCOCN(COCCOC)S(=O)(=O)CC(C)C. The molecule has 0 aliphatic rings. The number of rotatable bonds is 48. The van der Waals surface area contributed by atoms with Crippen LogP contribution in [0.4, 0.5) is 0 Å². The molecule has 0 N–H and O–H groups in total. The minimum absolute atomic E-state index is 0.0177. The molecular weight excluding hydrogens is 1040 g/mol. The van der Waals surface area contributed by atoms with E-state index < -0.39 is 20.0 Å². The van der Waals surface area contributed by atoms with Crippen LogP contribution in [0.25, 0.3) is 0 Å². The van der Waals surface area contributed by atoms with E-state index in [0.29, 0.717) is 137 Å². The average Bonchev–Trinajstić information content (AvgIpc) is 3.33. The first kappa shape index (κ1) is 81.2. The molecule has 0 aromatic rings. The number of nitrogens with zero attached hydrogens (tertiary/aromatic N) is 3. The summed E-state index contributed by atoms with van der Waals surface area (Å²) >= 11 is 0. The highest BCUT2D eigenvalue weighted by atomic mass is 32.2. The molecule has 0 aliphatic carbocycles. The maximum absolute atomic E-state index is 12.2. The molecule has 0 radical (unpaired) electrons. The second-order valence-corrected chi connectivity index (χ2v) is 23.6. The second-order valence-electron chi connectivity index (χ2n) is 19.6. The Kier molecular flexibility index (Phi) is 59.4. The Morgan fingerprint density at radius 3 is 1.13 bits per heavy atom. The van der Waals surface area contributed by atoms with Gasteiger partial charge in [-0.3, -0.25) is 9.69 Å². The minimum atomic E-state index is -3.39. The van der Waals surface area contributed by atoms with Gasteiger partial charge in [-0.25, -0.2) is 16.8 Å². The fourth-order valence-electron chi connectivity index (χ4n) is 5.65. The van der Waals surface area contributed by atoms with E-state index in [1.54, 1.807) is 61.8 Å². The number of hydrogen-bond acceptors (Lipinski definition) is 20. The third-order valence-corrected chi connectivity index (χ3v) is 13.9. The van der Waals surface area contributed by atoms with Crippen LogP contribution in [0.15, 0.2) is 0 Å². The molecule has 0 bridgehead atoms. The van der Waals surface area contributed by atoms with E-state index in [1.165, 1.54) is 15.0 Å². The Morgan fingerprint density at radius 1 is 0.434 bits per heavy atom.